The van der Waals surface area contributed by atoms with Crippen LogP contribution in [-0.4, -0.2) is 17.7 Å². The molecule has 24 heavy (non-hydrogen) atoms. The first-order valence-corrected chi connectivity index (χ1v) is 8.84. The smallest absolute Gasteiger partial charge is 0.249 e. The van der Waals surface area contributed by atoms with Gasteiger partial charge in [-0.1, -0.05) is 54.8 Å². The molecule has 4 heteroatoms. The Morgan fingerprint density at radius 3 is 2.54 bits per heavy atom. The van der Waals surface area contributed by atoms with Crippen LogP contribution in [-0.2, 0) is 4.79 Å². The van der Waals surface area contributed by atoms with Crippen LogP contribution in [0, 0.1) is 5.92 Å². The number of carbonyl (C=O) groups excluding carboxylic acids is 1. The molecule has 2 aromatic carbocycles. The molecule has 4 rings (SSSR count). The van der Waals surface area contributed by atoms with Gasteiger partial charge in [0, 0.05) is 16.1 Å². The molecule has 122 valence electrons. The number of benzodiazepines with no additional fused rings is 1. The van der Waals surface area contributed by atoms with Crippen LogP contribution < -0.4 is 5.32 Å². The summed E-state index contributed by atoms with van der Waals surface area (Å²) in [6.07, 6.45) is 4.51. The predicted octanol–water partition coefficient (Wildman–Crippen LogP) is 4.69. The highest BCUT2D eigenvalue weighted by Crippen LogP contribution is 2.34. The molecule has 1 saturated carbocycles. The van der Waals surface area contributed by atoms with Crippen molar-refractivity contribution in [2.45, 2.75) is 31.7 Å². The Morgan fingerprint density at radius 1 is 1.04 bits per heavy atom. The van der Waals surface area contributed by atoms with E-state index in [2.05, 4.69) is 5.32 Å². The van der Waals surface area contributed by atoms with E-state index >= 15 is 0 Å². The number of nitrogens with one attached hydrogen (secondary N) is 1. The molecule has 1 aliphatic heterocycles. The topological polar surface area (TPSA) is 41.5 Å². The number of benzene rings is 2. The van der Waals surface area contributed by atoms with Crippen LogP contribution in [0.3, 0.4) is 0 Å². The van der Waals surface area contributed by atoms with Gasteiger partial charge in [0.05, 0.1) is 11.4 Å². The molecule has 0 radical (unpaired) electrons. The molecule has 0 bridgehead atoms. The average Bonchev–Trinajstić information content (AvgIpc) is 3.08. The summed E-state index contributed by atoms with van der Waals surface area (Å²) in [6.45, 7) is 0. The highest BCUT2D eigenvalue weighted by atomic mass is 35.5. The molecule has 1 amide bonds. The largest absolute Gasteiger partial charge is 0.324 e. The molecule has 1 fully saturated rings. The Morgan fingerprint density at radius 2 is 1.79 bits per heavy atom. The van der Waals surface area contributed by atoms with E-state index in [0.29, 0.717) is 10.9 Å². The van der Waals surface area contributed by atoms with Crippen LogP contribution in [0.4, 0.5) is 5.69 Å². The van der Waals surface area contributed by atoms with E-state index in [1.807, 2.05) is 42.5 Å². The molecule has 1 aliphatic carbocycles. The van der Waals surface area contributed by atoms with Gasteiger partial charge in [0.25, 0.3) is 0 Å². The van der Waals surface area contributed by atoms with Crippen LogP contribution in [0.5, 0.6) is 0 Å². The Hall–Kier alpha value is -2.13. The third kappa shape index (κ3) is 2.84. The summed E-state index contributed by atoms with van der Waals surface area (Å²) in [7, 11) is 0. The van der Waals surface area contributed by atoms with Gasteiger partial charge in [-0.3, -0.25) is 9.79 Å². The van der Waals surface area contributed by atoms with Crippen LogP contribution in [0.15, 0.2) is 53.5 Å². The lowest BCUT2D eigenvalue weighted by Crippen LogP contribution is -2.31. The number of amides is 1. The minimum absolute atomic E-state index is 0.00333. The number of carbonyl (C=O) groups is 1. The Balaban J connectivity index is 1.87. The van der Waals surface area contributed by atoms with Gasteiger partial charge < -0.3 is 5.32 Å². The van der Waals surface area contributed by atoms with E-state index in [0.717, 1.165) is 35.4 Å². The second kappa shape index (κ2) is 6.40. The highest BCUT2D eigenvalue weighted by Gasteiger charge is 2.33. The minimum atomic E-state index is -0.325. The first-order valence-electron chi connectivity index (χ1n) is 8.46. The highest BCUT2D eigenvalue weighted by molar-refractivity contribution is 6.32. The number of rotatable bonds is 2. The number of anilines is 1. The lowest BCUT2D eigenvalue weighted by atomic mass is 9.97. The average molecular weight is 339 g/mol. The first kappa shape index (κ1) is 15.4. The monoisotopic (exact) mass is 338 g/mol. The Bertz CT molecular complexity index is 795. The first-order chi connectivity index (χ1) is 11.7. The van der Waals surface area contributed by atoms with E-state index in [4.69, 9.17) is 16.6 Å². The molecule has 0 saturated heterocycles. The quantitative estimate of drug-likeness (QED) is 0.848. The van der Waals surface area contributed by atoms with Crippen molar-refractivity contribution in [2.24, 2.45) is 10.9 Å². The molecule has 3 nitrogen and oxygen atoms in total. The van der Waals surface area contributed by atoms with Gasteiger partial charge in [-0.05, 0) is 37.0 Å². The van der Waals surface area contributed by atoms with Gasteiger partial charge in [0.2, 0.25) is 5.91 Å². The van der Waals surface area contributed by atoms with Crippen molar-refractivity contribution in [3.63, 3.8) is 0 Å². The summed E-state index contributed by atoms with van der Waals surface area (Å²) in [6, 6.07) is 15.3. The zero-order valence-corrected chi connectivity index (χ0v) is 14.1. The maximum atomic E-state index is 12.8. The van der Waals surface area contributed by atoms with Crippen molar-refractivity contribution < 1.29 is 4.79 Å². The van der Waals surface area contributed by atoms with Crippen molar-refractivity contribution in [3.05, 3.63) is 64.7 Å². The Labute approximate surface area is 146 Å². The molecular formula is C20H19ClN2O. The normalized spacial score (nSPS) is 21.0. The number of hydrogen-bond donors (Lipinski definition) is 1. The zero-order valence-electron chi connectivity index (χ0n) is 13.3. The van der Waals surface area contributed by atoms with E-state index in [9.17, 15) is 4.79 Å². The van der Waals surface area contributed by atoms with Crippen LogP contribution in [0.2, 0.25) is 5.02 Å². The molecule has 1 heterocycles. The van der Waals surface area contributed by atoms with E-state index in [-0.39, 0.29) is 11.9 Å². The number of aliphatic imine (C=N–C) groups is 1. The van der Waals surface area contributed by atoms with Crippen molar-refractivity contribution in [1.29, 1.82) is 0 Å². The number of halogens is 1. The summed E-state index contributed by atoms with van der Waals surface area (Å²) in [4.78, 5) is 17.7. The van der Waals surface area contributed by atoms with Crippen LogP contribution >= 0.6 is 11.6 Å². The van der Waals surface area contributed by atoms with Crippen LogP contribution in [0.1, 0.15) is 36.8 Å². The molecule has 1 atom stereocenters. The van der Waals surface area contributed by atoms with Gasteiger partial charge in [-0.25, -0.2) is 0 Å². The summed E-state index contributed by atoms with van der Waals surface area (Å²) in [5.41, 5.74) is 3.54. The predicted molar refractivity (Wildman–Crippen MR) is 97.9 cm³/mol. The molecule has 2 aliphatic rings. The second-order valence-electron chi connectivity index (χ2n) is 6.51. The van der Waals surface area contributed by atoms with E-state index in [1.54, 1.807) is 6.07 Å². The molecule has 0 unspecified atom stereocenters. The maximum absolute atomic E-state index is 12.8. The summed E-state index contributed by atoms with van der Waals surface area (Å²) >= 11 is 6.21. The summed E-state index contributed by atoms with van der Waals surface area (Å²) < 4.78 is 0. The fraction of sp³-hybridized carbons (Fsp3) is 0.300. The summed E-state index contributed by atoms with van der Waals surface area (Å²) in [5.74, 6) is 0.324. The zero-order chi connectivity index (χ0) is 16.5. The van der Waals surface area contributed by atoms with Crippen LogP contribution in [0.25, 0.3) is 0 Å². The van der Waals surface area contributed by atoms with Crippen molar-refractivity contribution in [3.8, 4) is 0 Å². The fourth-order valence-electron chi connectivity index (χ4n) is 3.71. The lowest BCUT2D eigenvalue weighted by Gasteiger charge is -2.17. The van der Waals surface area contributed by atoms with Crippen molar-refractivity contribution in [2.75, 3.05) is 5.32 Å². The molecular weight excluding hydrogens is 320 g/mol. The minimum Gasteiger partial charge on any atom is -0.324 e. The molecule has 0 spiro atoms. The third-order valence-electron chi connectivity index (χ3n) is 4.92. The van der Waals surface area contributed by atoms with E-state index < -0.39 is 0 Å². The van der Waals surface area contributed by atoms with E-state index in [1.165, 1.54) is 12.8 Å². The lowest BCUT2D eigenvalue weighted by molar-refractivity contribution is -0.118. The maximum Gasteiger partial charge on any atom is 0.249 e. The van der Waals surface area contributed by atoms with Gasteiger partial charge in [0.1, 0.15) is 6.04 Å². The molecule has 1 N–H and O–H groups in total. The van der Waals surface area contributed by atoms with Gasteiger partial charge in [-0.15, -0.1) is 0 Å². The van der Waals surface area contributed by atoms with Crippen molar-refractivity contribution in [1.82, 2.24) is 0 Å². The van der Waals surface area contributed by atoms with Gasteiger partial charge in [-0.2, -0.15) is 0 Å². The van der Waals surface area contributed by atoms with Gasteiger partial charge >= 0.3 is 0 Å². The standard InChI is InChI=1S/C20H19ClN2O/c21-15-10-11-17-16(12-15)18(13-6-2-1-3-7-13)23-19(20(24)22-17)14-8-4-5-9-14/h1-3,6-7,10-12,14,19H,4-5,8-9H2,(H,22,24)/t19-/m0/s1. The Kier molecular flexibility index (Phi) is 4.11. The molecule has 2 aromatic rings. The molecule has 0 aromatic heterocycles. The van der Waals surface area contributed by atoms with Gasteiger partial charge in [0.15, 0.2) is 0 Å². The third-order valence-corrected chi connectivity index (χ3v) is 5.16. The number of nitrogens with zero attached hydrogens (tertiary/aromatic N) is 1. The SMILES string of the molecule is O=C1Nc2ccc(Cl)cc2C(c2ccccc2)=N[C@H]1C1CCCC1. The summed E-state index contributed by atoms with van der Waals surface area (Å²) in [5, 5.41) is 3.71. The fourth-order valence-corrected chi connectivity index (χ4v) is 3.89. The van der Waals surface area contributed by atoms with Crippen molar-refractivity contribution >= 4 is 28.9 Å². The number of hydrogen-bond acceptors (Lipinski definition) is 2. The number of fused-ring (bicyclic) bond motifs is 1. The second-order valence-corrected chi connectivity index (χ2v) is 6.95.